The monoisotopic (exact) mass is 447 g/mol. The topological polar surface area (TPSA) is 79.4 Å². The van der Waals surface area contributed by atoms with Gasteiger partial charge in [0.2, 0.25) is 15.9 Å². The van der Waals surface area contributed by atoms with Gasteiger partial charge in [-0.15, -0.1) is 0 Å². The van der Waals surface area contributed by atoms with Crippen molar-refractivity contribution in [2.75, 3.05) is 55.9 Å². The quantitative estimate of drug-likeness (QED) is 0.648. The van der Waals surface area contributed by atoms with E-state index in [1.54, 1.807) is 43.2 Å². The van der Waals surface area contributed by atoms with Crippen molar-refractivity contribution in [3.63, 3.8) is 0 Å². The van der Waals surface area contributed by atoms with Crippen molar-refractivity contribution >= 4 is 27.3 Å². The number of ether oxygens (including phenoxy) is 2. The van der Waals surface area contributed by atoms with Crippen LogP contribution in [0.15, 0.2) is 48.5 Å². The second-order valence-electron chi connectivity index (χ2n) is 7.45. The van der Waals surface area contributed by atoms with Gasteiger partial charge in [-0.25, -0.2) is 8.42 Å². The Morgan fingerprint density at radius 1 is 0.968 bits per heavy atom. The molecule has 1 heterocycles. The molecular weight excluding hydrogens is 418 g/mol. The molecule has 1 aliphatic heterocycles. The molecule has 0 saturated carbocycles. The van der Waals surface area contributed by atoms with E-state index in [1.807, 2.05) is 24.3 Å². The number of piperazine rings is 1. The fourth-order valence-corrected chi connectivity index (χ4v) is 4.95. The molecule has 0 aromatic heterocycles. The molecule has 1 saturated heterocycles. The van der Waals surface area contributed by atoms with Gasteiger partial charge in [0.05, 0.1) is 26.2 Å². The van der Waals surface area contributed by atoms with Crippen molar-refractivity contribution in [2.45, 2.75) is 13.0 Å². The molecule has 8 nitrogen and oxygen atoms in total. The highest BCUT2D eigenvalue weighted by atomic mass is 32.2. The molecule has 0 bridgehead atoms. The summed E-state index contributed by atoms with van der Waals surface area (Å²) in [5.74, 6) is 1.10. The maximum Gasteiger partial charge on any atom is 0.246 e. The van der Waals surface area contributed by atoms with Crippen molar-refractivity contribution in [3.05, 3.63) is 48.5 Å². The second-order valence-corrected chi connectivity index (χ2v) is 9.31. The van der Waals surface area contributed by atoms with Crippen LogP contribution in [-0.4, -0.2) is 71.9 Å². The third kappa shape index (κ3) is 5.22. The Bertz CT molecular complexity index is 1000. The predicted octanol–water partition coefficient (Wildman–Crippen LogP) is 2.21. The first kappa shape index (κ1) is 22.7. The summed E-state index contributed by atoms with van der Waals surface area (Å²) < 4.78 is 36.7. The van der Waals surface area contributed by atoms with Gasteiger partial charge in [-0.2, -0.15) is 0 Å². The third-order valence-electron chi connectivity index (χ3n) is 5.40. The number of nitrogens with zero attached hydrogens (tertiary/aromatic N) is 3. The van der Waals surface area contributed by atoms with Gasteiger partial charge in [0.1, 0.15) is 17.5 Å². The van der Waals surface area contributed by atoms with E-state index in [4.69, 9.17) is 9.47 Å². The highest BCUT2D eigenvalue weighted by Gasteiger charge is 2.33. The number of rotatable bonds is 7. The minimum atomic E-state index is -3.68. The number of benzene rings is 2. The minimum absolute atomic E-state index is 0.220. The second kappa shape index (κ2) is 9.47. The van der Waals surface area contributed by atoms with E-state index in [0.29, 0.717) is 37.6 Å². The van der Waals surface area contributed by atoms with Crippen molar-refractivity contribution in [3.8, 4) is 11.5 Å². The Morgan fingerprint density at radius 3 is 2.13 bits per heavy atom. The molecule has 1 fully saturated rings. The molecule has 0 N–H and O–H groups in total. The first-order chi connectivity index (χ1) is 14.7. The molecular formula is C22H29N3O5S. The zero-order valence-electron chi connectivity index (χ0n) is 18.3. The molecule has 168 valence electrons. The summed E-state index contributed by atoms with van der Waals surface area (Å²) in [5.41, 5.74) is 1.47. The van der Waals surface area contributed by atoms with E-state index in [9.17, 15) is 13.2 Å². The first-order valence-electron chi connectivity index (χ1n) is 10.1. The van der Waals surface area contributed by atoms with Crippen LogP contribution in [0.25, 0.3) is 0 Å². The average molecular weight is 448 g/mol. The van der Waals surface area contributed by atoms with Crippen molar-refractivity contribution < 1.29 is 22.7 Å². The Morgan fingerprint density at radius 2 is 1.58 bits per heavy atom. The van der Waals surface area contributed by atoms with Crippen LogP contribution >= 0.6 is 0 Å². The van der Waals surface area contributed by atoms with E-state index in [-0.39, 0.29) is 5.91 Å². The Kier molecular flexibility index (Phi) is 6.94. The number of carbonyl (C=O) groups excluding carboxylic acids is 1. The molecule has 1 aliphatic rings. The normalized spacial score (nSPS) is 15.4. The summed E-state index contributed by atoms with van der Waals surface area (Å²) in [4.78, 5) is 17.1. The van der Waals surface area contributed by atoms with Crippen LogP contribution in [0.3, 0.4) is 0 Å². The Hall–Kier alpha value is -2.94. The van der Waals surface area contributed by atoms with Crippen LogP contribution < -0.4 is 18.7 Å². The standard InChI is InChI=1S/C22H29N3O5S/c1-17(25(31(4,27)28)19-6-5-7-21(16-19)30-3)22(26)24-14-12-23(13-15-24)18-8-10-20(29-2)11-9-18/h5-11,16-17H,12-15H2,1-4H3/t17-/m1/s1. The number of amides is 1. The van der Waals surface area contributed by atoms with Crippen molar-refractivity contribution in [1.82, 2.24) is 4.90 Å². The molecule has 1 atom stereocenters. The third-order valence-corrected chi connectivity index (χ3v) is 6.64. The van der Waals surface area contributed by atoms with Gasteiger partial charge in [-0.05, 0) is 43.3 Å². The lowest BCUT2D eigenvalue weighted by atomic mass is 10.2. The Balaban J connectivity index is 1.72. The fourth-order valence-electron chi connectivity index (χ4n) is 3.79. The highest BCUT2D eigenvalue weighted by molar-refractivity contribution is 7.92. The van der Waals surface area contributed by atoms with E-state index in [2.05, 4.69) is 4.90 Å². The first-order valence-corrected chi connectivity index (χ1v) is 11.9. The van der Waals surface area contributed by atoms with Gasteiger partial charge in [-0.3, -0.25) is 9.10 Å². The van der Waals surface area contributed by atoms with Crippen LogP contribution in [0.5, 0.6) is 11.5 Å². The summed E-state index contributed by atoms with van der Waals surface area (Å²) in [5, 5.41) is 0. The molecule has 3 rings (SSSR count). The smallest absolute Gasteiger partial charge is 0.246 e. The van der Waals surface area contributed by atoms with Crippen molar-refractivity contribution in [2.24, 2.45) is 0 Å². The number of anilines is 2. The lowest BCUT2D eigenvalue weighted by Crippen LogP contribution is -2.55. The van der Waals surface area contributed by atoms with Crippen LogP contribution in [0, 0.1) is 0 Å². The summed E-state index contributed by atoms with van der Waals surface area (Å²) in [6.45, 7) is 4.00. The summed E-state index contributed by atoms with van der Waals surface area (Å²) in [6.07, 6.45) is 1.11. The maximum atomic E-state index is 13.2. The van der Waals surface area contributed by atoms with Gasteiger partial charge in [0, 0.05) is 37.9 Å². The maximum absolute atomic E-state index is 13.2. The zero-order valence-corrected chi connectivity index (χ0v) is 19.1. The van der Waals surface area contributed by atoms with Gasteiger partial charge in [0.15, 0.2) is 0 Å². The van der Waals surface area contributed by atoms with E-state index in [0.717, 1.165) is 22.0 Å². The molecule has 0 spiro atoms. The molecule has 2 aromatic carbocycles. The minimum Gasteiger partial charge on any atom is -0.497 e. The zero-order chi connectivity index (χ0) is 22.6. The van der Waals surface area contributed by atoms with Crippen LogP contribution in [0.1, 0.15) is 6.92 Å². The van der Waals surface area contributed by atoms with Crippen LogP contribution in [-0.2, 0) is 14.8 Å². The largest absolute Gasteiger partial charge is 0.497 e. The lowest BCUT2D eigenvalue weighted by Gasteiger charge is -2.39. The van der Waals surface area contributed by atoms with Gasteiger partial charge in [-0.1, -0.05) is 6.07 Å². The Labute approximate surface area is 184 Å². The van der Waals surface area contributed by atoms with Gasteiger partial charge < -0.3 is 19.3 Å². The average Bonchev–Trinajstić information content (AvgIpc) is 2.78. The molecule has 9 heteroatoms. The number of hydrogen-bond donors (Lipinski definition) is 0. The molecule has 0 radical (unpaired) electrons. The summed E-state index contributed by atoms with van der Waals surface area (Å²) >= 11 is 0. The molecule has 0 unspecified atom stereocenters. The van der Waals surface area contributed by atoms with Gasteiger partial charge >= 0.3 is 0 Å². The lowest BCUT2D eigenvalue weighted by molar-refractivity contribution is -0.132. The number of methoxy groups -OCH3 is 2. The van der Waals surface area contributed by atoms with Crippen molar-refractivity contribution in [1.29, 1.82) is 0 Å². The van der Waals surface area contributed by atoms with Gasteiger partial charge in [0.25, 0.3) is 0 Å². The molecule has 0 aliphatic carbocycles. The van der Waals surface area contributed by atoms with Crippen LogP contribution in [0.2, 0.25) is 0 Å². The highest BCUT2D eigenvalue weighted by Crippen LogP contribution is 2.26. The predicted molar refractivity (Wildman–Crippen MR) is 122 cm³/mol. The number of hydrogen-bond acceptors (Lipinski definition) is 6. The van der Waals surface area contributed by atoms with Crippen LogP contribution in [0.4, 0.5) is 11.4 Å². The van der Waals surface area contributed by atoms with E-state index in [1.165, 1.54) is 7.11 Å². The van der Waals surface area contributed by atoms with E-state index < -0.39 is 16.1 Å². The summed E-state index contributed by atoms with van der Waals surface area (Å²) in [7, 11) is -0.533. The summed E-state index contributed by atoms with van der Waals surface area (Å²) in [6, 6.07) is 13.7. The number of carbonyl (C=O) groups is 1. The molecule has 31 heavy (non-hydrogen) atoms. The number of sulfonamides is 1. The molecule has 2 aromatic rings. The van der Waals surface area contributed by atoms with E-state index >= 15 is 0 Å². The molecule has 1 amide bonds. The SMILES string of the molecule is COc1ccc(N2CCN(C(=O)[C@@H](C)N(c3cccc(OC)c3)S(C)(=O)=O)CC2)cc1. The fraction of sp³-hybridized carbons (Fsp3) is 0.409.